The van der Waals surface area contributed by atoms with Crippen molar-refractivity contribution >= 4 is 22.4 Å². The van der Waals surface area contributed by atoms with E-state index in [1.807, 2.05) is 0 Å². The molecule has 0 aromatic heterocycles. The number of piperidine rings is 1. The maximum absolute atomic E-state index is 12.8. The zero-order chi connectivity index (χ0) is 15.6. The highest BCUT2D eigenvalue weighted by Crippen LogP contribution is 2.31. The van der Waals surface area contributed by atoms with Gasteiger partial charge in [-0.25, -0.2) is 8.42 Å². The van der Waals surface area contributed by atoms with E-state index in [1.165, 1.54) is 20.0 Å². The number of methoxy groups -OCH3 is 1. The summed E-state index contributed by atoms with van der Waals surface area (Å²) in [6, 6.07) is 7.43. The highest BCUT2D eigenvalue weighted by atomic mass is 35.5. The van der Waals surface area contributed by atoms with Crippen LogP contribution in [-0.4, -0.2) is 45.5 Å². The number of benzene rings is 1. The van der Waals surface area contributed by atoms with E-state index in [1.54, 1.807) is 28.6 Å². The fraction of sp³-hybridized carbons (Fsp3) is 0.625. The zero-order valence-electron chi connectivity index (χ0n) is 13.4. The van der Waals surface area contributed by atoms with Gasteiger partial charge in [-0.1, -0.05) is 12.1 Å². The number of rotatable bonds is 4. The highest BCUT2D eigenvalue weighted by molar-refractivity contribution is 7.89. The Labute approximate surface area is 144 Å². The third kappa shape index (κ3) is 3.82. The van der Waals surface area contributed by atoms with Gasteiger partial charge in [0.05, 0.1) is 7.11 Å². The maximum atomic E-state index is 12.8. The van der Waals surface area contributed by atoms with E-state index in [4.69, 9.17) is 4.74 Å². The summed E-state index contributed by atoms with van der Waals surface area (Å²) in [5, 5.41) is 3.54. The summed E-state index contributed by atoms with van der Waals surface area (Å²) in [5.74, 6) is 1.02. The number of nitrogens with one attached hydrogen (secondary N) is 1. The number of hydrogen-bond acceptors (Lipinski definition) is 4. The van der Waals surface area contributed by atoms with Gasteiger partial charge in [0.25, 0.3) is 0 Å². The summed E-state index contributed by atoms with van der Waals surface area (Å²) in [5.41, 5.74) is 0. The van der Waals surface area contributed by atoms with Crippen LogP contribution in [0.3, 0.4) is 0 Å². The Hall–Kier alpha value is -0.820. The van der Waals surface area contributed by atoms with Gasteiger partial charge in [0.15, 0.2) is 0 Å². The molecule has 0 amide bonds. The third-order valence-electron chi connectivity index (χ3n) is 4.85. The van der Waals surface area contributed by atoms with Gasteiger partial charge in [-0.2, -0.15) is 4.31 Å². The molecule has 0 bridgehead atoms. The zero-order valence-corrected chi connectivity index (χ0v) is 15.0. The Morgan fingerprint density at radius 2 is 1.87 bits per heavy atom. The summed E-state index contributed by atoms with van der Waals surface area (Å²) in [4.78, 5) is 0.273. The predicted molar refractivity (Wildman–Crippen MR) is 92.7 cm³/mol. The van der Waals surface area contributed by atoms with Crippen LogP contribution in [0, 0.1) is 5.92 Å². The van der Waals surface area contributed by atoms with Crippen LogP contribution in [0.5, 0.6) is 5.75 Å². The molecular weight excluding hydrogens is 336 g/mol. The predicted octanol–water partition coefficient (Wildman–Crippen LogP) is 2.27. The van der Waals surface area contributed by atoms with Gasteiger partial charge in [-0.05, 0) is 50.3 Å². The first-order valence-corrected chi connectivity index (χ1v) is 9.43. The monoisotopic (exact) mass is 360 g/mol. The van der Waals surface area contributed by atoms with Crippen LogP contribution in [0.2, 0.25) is 0 Å². The van der Waals surface area contributed by atoms with E-state index >= 15 is 0 Å². The Morgan fingerprint density at radius 3 is 2.48 bits per heavy atom. The molecule has 0 spiro atoms. The molecule has 3 rings (SSSR count). The summed E-state index contributed by atoms with van der Waals surface area (Å²) in [7, 11) is -1.96. The largest absolute Gasteiger partial charge is 0.495 e. The average molecular weight is 361 g/mol. The van der Waals surface area contributed by atoms with E-state index in [0.29, 0.717) is 30.8 Å². The fourth-order valence-corrected chi connectivity index (χ4v) is 5.23. The molecule has 2 aliphatic rings. The Bertz CT molecular complexity index is 610. The Balaban J connectivity index is 0.00000192. The first-order chi connectivity index (χ1) is 10.6. The molecule has 0 radical (unpaired) electrons. The van der Waals surface area contributed by atoms with Crippen LogP contribution in [-0.2, 0) is 10.0 Å². The first-order valence-electron chi connectivity index (χ1n) is 7.99. The standard InChI is InChI=1S/C16H24N2O3S.ClH/c1-21-15-6-2-3-7-16(15)22(19,20)18-11-8-13(9-12-18)14-5-4-10-17-14;/h2-3,6-7,13-14,17H,4-5,8-12H2,1H3;1H. The Kier molecular flexibility index (Phi) is 6.31. The lowest BCUT2D eigenvalue weighted by Crippen LogP contribution is -2.43. The molecule has 5 nitrogen and oxygen atoms in total. The van der Waals surface area contributed by atoms with Crippen molar-refractivity contribution in [2.75, 3.05) is 26.7 Å². The molecule has 0 aliphatic carbocycles. The molecule has 23 heavy (non-hydrogen) atoms. The van der Waals surface area contributed by atoms with Gasteiger partial charge in [-0.15, -0.1) is 12.4 Å². The van der Waals surface area contributed by atoms with Crippen molar-refractivity contribution in [1.29, 1.82) is 0 Å². The smallest absolute Gasteiger partial charge is 0.246 e. The lowest BCUT2D eigenvalue weighted by molar-refractivity contribution is 0.233. The molecule has 1 aromatic carbocycles. The van der Waals surface area contributed by atoms with Crippen LogP contribution in [0.15, 0.2) is 29.2 Å². The van der Waals surface area contributed by atoms with Crippen LogP contribution in [0.1, 0.15) is 25.7 Å². The molecule has 7 heteroatoms. The molecule has 2 fully saturated rings. The molecule has 1 N–H and O–H groups in total. The second-order valence-corrected chi connectivity index (χ2v) is 8.00. The van der Waals surface area contributed by atoms with Gasteiger partial charge in [-0.3, -0.25) is 0 Å². The first kappa shape index (κ1) is 18.5. The van der Waals surface area contributed by atoms with Gasteiger partial charge in [0, 0.05) is 19.1 Å². The molecule has 2 aliphatic heterocycles. The minimum absolute atomic E-state index is 0. The molecule has 2 heterocycles. The summed E-state index contributed by atoms with van der Waals surface area (Å²) in [6.07, 6.45) is 4.34. The molecule has 0 saturated carbocycles. The SMILES string of the molecule is COc1ccccc1S(=O)(=O)N1CCC(C2CCCN2)CC1.Cl. The fourth-order valence-electron chi connectivity index (χ4n) is 3.60. The molecular formula is C16H25ClN2O3S. The van der Waals surface area contributed by atoms with Crippen molar-refractivity contribution in [3.05, 3.63) is 24.3 Å². The van der Waals surface area contributed by atoms with E-state index in [2.05, 4.69) is 5.32 Å². The number of halogens is 1. The van der Waals surface area contributed by atoms with Gasteiger partial charge < -0.3 is 10.1 Å². The molecule has 1 unspecified atom stereocenters. The number of sulfonamides is 1. The minimum atomic E-state index is -3.46. The number of ether oxygens (including phenoxy) is 1. The van der Waals surface area contributed by atoms with Crippen molar-refractivity contribution in [2.24, 2.45) is 5.92 Å². The van der Waals surface area contributed by atoms with E-state index in [-0.39, 0.29) is 17.3 Å². The molecule has 2 saturated heterocycles. The van der Waals surface area contributed by atoms with Crippen LogP contribution in [0.4, 0.5) is 0 Å². The Morgan fingerprint density at radius 1 is 1.17 bits per heavy atom. The van der Waals surface area contributed by atoms with E-state index < -0.39 is 10.0 Å². The second kappa shape index (κ2) is 7.83. The van der Waals surface area contributed by atoms with Gasteiger partial charge in [0.1, 0.15) is 10.6 Å². The average Bonchev–Trinajstić information content (AvgIpc) is 3.09. The summed E-state index contributed by atoms with van der Waals surface area (Å²) < 4.78 is 32.5. The van der Waals surface area contributed by atoms with Gasteiger partial charge >= 0.3 is 0 Å². The second-order valence-electron chi connectivity index (χ2n) is 6.10. The highest BCUT2D eigenvalue weighted by Gasteiger charge is 2.34. The van der Waals surface area contributed by atoms with Crippen LogP contribution in [0.25, 0.3) is 0 Å². The lowest BCUT2D eigenvalue weighted by Gasteiger charge is -2.34. The quantitative estimate of drug-likeness (QED) is 0.894. The van der Waals surface area contributed by atoms with Crippen molar-refractivity contribution in [2.45, 2.75) is 36.6 Å². The van der Waals surface area contributed by atoms with Crippen molar-refractivity contribution < 1.29 is 13.2 Å². The maximum Gasteiger partial charge on any atom is 0.246 e. The molecule has 1 aromatic rings. The van der Waals surface area contributed by atoms with E-state index in [0.717, 1.165) is 19.4 Å². The topological polar surface area (TPSA) is 58.6 Å². The minimum Gasteiger partial charge on any atom is -0.495 e. The van der Waals surface area contributed by atoms with Crippen LogP contribution >= 0.6 is 12.4 Å². The van der Waals surface area contributed by atoms with Gasteiger partial charge in [0.2, 0.25) is 10.0 Å². The van der Waals surface area contributed by atoms with Crippen molar-refractivity contribution in [3.8, 4) is 5.75 Å². The molecule has 1 atom stereocenters. The number of hydrogen-bond donors (Lipinski definition) is 1. The number of para-hydroxylation sites is 1. The summed E-state index contributed by atoms with van der Waals surface area (Å²) >= 11 is 0. The number of nitrogens with zero attached hydrogens (tertiary/aromatic N) is 1. The lowest BCUT2D eigenvalue weighted by atomic mass is 9.89. The van der Waals surface area contributed by atoms with Crippen molar-refractivity contribution in [3.63, 3.8) is 0 Å². The normalized spacial score (nSPS) is 23.4. The third-order valence-corrected chi connectivity index (χ3v) is 6.79. The molecule has 130 valence electrons. The summed E-state index contributed by atoms with van der Waals surface area (Å²) in [6.45, 7) is 2.30. The van der Waals surface area contributed by atoms with Crippen LogP contribution < -0.4 is 10.1 Å². The van der Waals surface area contributed by atoms with Crippen molar-refractivity contribution in [1.82, 2.24) is 9.62 Å². The van der Waals surface area contributed by atoms with E-state index in [9.17, 15) is 8.42 Å².